The Morgan fingerprint density at radius 3 is 2.50 bits per heavy atom. The van der Waals surface area contributed by atoms with Crippen molar-refractivity contribution in [2.45, 2.75) is 6.54 Å². The maximum Gasteiger partial charge on any atom is 0.133 e. The molecule has 1 saturated heterocycles. The molecule has 4 nitrogen and oxygen atoms in total. The second kappa shape index (κ2) is 7.90. The van der Waals surface area contributed by atoms with Crippen LogP contribution in [-0.4, -0.2) is 40.4 Å². The number of nitrogens with one attached hydrogen (secondary N) is 1. The number of piperazine rings is 1. The summed E-state index contributed by atoms with van der Waals surface area (Å²) >= 11 is 3.57. The van der Waals surface area contributed by atoms with Gasteiger partial charge in [0.15, 0.2) is 0 Å². The summed E-state index contributed by atoms with van der Waals surface area (Å²) in [5, 5.41) is 0. The predicted octanol–water partition coefficient (Wildman–Crippen LogP) is 2.37. The molecule has 1 heterocycles. The Morgan fingerprint density at radius 2 is 1.83 bits per heavy atom. The van der Waals surface area contributed by atoms with Crippen molar-refractivity contribution in [3.8, 4) is 11.5 Å². The lowest BCUT2D eigenvalue weighted by molar-refractivity contribution is -0.914. The molecular formula is C19H24BrN2O2+. The minimum atomic E-state index is 0.886. The fraction of sp³-hybridized carbons (Fsp3) is 0.368. The first kappa shape index (κ1) is 17.1. The van der Waals surface area contributed by atoms with Crippen LogP contribution in [0.2, 0.25) is 0 Å². The van der Waals surface area contributed by atoms with Crippen LogP contribution in [-0.2, 0) is 6.54 Å². The van der Waals surface area contributed by atoms with Crippen LogP contribution in [0.3, 0.4) is 0 Å². The van der Waals surface area contributed by atoms with Gasteiger partial charge in [0.1, 0.15) is 18.0 Å². The summed E-state index contributed by atoms with van der Waals surface area (Å²) in [4.78, 5) is 4.06. The average Bonchev–Trinajstić information content (AvgIpc) is 2.62. The van der Waals surface area contributed by atoms with Crippen LogP contribution in [0.4, 0.5) is 5.69 Å². The van der Waals surface area contributed by atoms with E-state index >= 15 is 0 Å². The quantitative estimate of drug-likeness (QED) is 0.847. The van der Waals surface area contributed by atoms with Gasteiger partial charge in [0.05, 0.1) is 44.9 Å². The molecule has 1 N–H and O–H groups in total. The van der Waals surface area contributed by atoms with Crippen molar-refractivity contribution in [2.24, 2.45) is 0 Å². The van der Waals surface area contributed by atoms with Crippen molar-refractivity contribution >= 4 is 21.6 Å². The molecule has 5 heteroatoms. The lowest BCUT2D eigenvalue weighted by Crippen LogP contribution is -3.13. The fourth-order valence-electron chi connectivity index (χ4n) is 3.17. The molecule has 0 atom stereocenters. The molecule has 2 aromatic carbocycles. The zero-order valence-electron chi connectivity index (χ0n) is 14.2. The summed E-state index contributed by atoms with van der Waals surface area (Å²) in [6.45, 7) is 5.47. The van der Waals surface area contributed by atoms with E-state index in [0.29, 0.717) is 0 Å². The van der Waals surface area contributed by atoms with Gasteiger partial charge in [-0.05, 0) is 46.3 Å². The number of hydrogen-bond donors (Lipinski definition) is 1. The molecule has 0 radical (unpaired) electrons. The molecule has 0 amide bonds. The van der Waals surface area contributed by atoms with E-state index in [1.165, 1.54) is 11.3 Å². The minimum absolute atomic E-state index is 0.886. The van der Waals surface area contributed by atoms with E-state index in [0.717, 1.165) is 48.7 Å². The van der Waals surface area contributed by atoms with E-state index in [-0.39, 0.29) is 0 Å². The maximum absolute atomic E-state index is 5.33. The number of quaternary nitrogens is 1. The number of ether oxygens (including phenoxy) is 2. The monoisotopic (exact) mass is 391 g/mol. The molecule has 2 aromatic rings. The molecule has 1 fully saturated rings. The number of halogens is 1. The van der Waals surface area contributed by atoms with Crippen molar-refractivity contribution in [3.05, 3.63) is 52.5 Å². The van der Waals surface area contributed by atoms with E-state index in [1.807, 2.05) is 12.1 Å². The van der Waals surface area contributed by atoms with Gasteiger partial charge >= 0.3 is 0 Å². The zero-order valence-corrected chi connectivity index (χ0v) is 15.8. The van der Waals surface area contributed by atoms with Gasteiger partial charge in [-0.25, -0.2) is 0 Å². The first-order valence-electron chi connectivity index (χ1n) is 8.24. The van der Waals surface area contributed by atoms with Crippen LogP contribution in [0.15, 0.2) is 46.9 Å². The van der Waals surface area contributed by atoms with Crippen molar-refractivity contribution in [2.75, 3.05) is 45.3 Å². The molecule has 0 unspecified atom stereocenters. The van der Waals surface area contributed by atoms with E-state index in [2.05, 4.69) is 51.2 Å². The summed E-state index contributed by atoms with van der Waals surface area (Å²) in [7, 11) is 3.41. The van der Waals surface area contributed by atoms with E-state index in [9.17, 15) is 0 Å². The second-order valence-corrected chi connectivity index (χ2v) is 6.94. The van der Waals surface area contributed by atoms with Crippen LogP contribution in [0.5, 0.6) is 11.5 Å². The maximum atomic E-state index is 5.33. The summed E-state index contributed by atoms with van der Waals surface area (Å²) < 4.78 is 11.7. The Kier molecular flexibility index (Phi) is 5.63. The topological polar surface area (TPSA) is 26.1 Å². The molecule has 3 rings (SSSR count). The van der Waals surface area contributed by atoms with Gasteiger partial charge in [-0.1, -0.05) is 6.07 Å². The van der Waals surface area contributed by atoms with Gasteiger partial charge in [-0.2, -0.15) is 0 Å². The third-order valence-corrected chi connectivity index (χ3v) is 5.18. The summed E-state index contributed by atoms with van der Waals surface area (Å²) in [5.41, 5.74) is 2.59. The van der Waals surface area contributed by atoms with Gasteiger partial charge in [0.2, 0.25) is 0 Å². The highest BCUT2D eigenvalue weighted by atomic mass is 79.9. The van der Waals surface area contributed by atoms with E-state index < -0.39 is 0 Å². The molecule has 1 aliphatic heterocycles. The Hall–Kier alpha value is -1.72. The smallest absolute Gasteiger partial charge is 0.133 e. The average molecular weight is 392 g/mol. The van der Waals surface area contributed by atoms with Crippen molar-refractivity contribution in [3.63, 3.8) is 0 Å². The largest absolute Gasteiger partial charge is 0.497 e. The van der Waals surface area contributed by atoms with Crippen molar-refractivity contribution in [1.82, 2.24) is 0 Å². The highest BCUT2D eigenvalue weighted by molar-refractivity contribution is 9.10. The minimum Gasteiger partial charge on any atom is -0.497 e. The Labute approximate surface area is 152 Å². The van der Waals surface area contributed by atoms with Gasteiger partial charge in [0.25, 0.3) is 0 Å². The fourth-order valence-corrected chi connectivity index (χ4v) is 3.76. The molecular weight excluding hydrogens is 368 g/mol. The van der Waals surface area contributed by atoms with Crippen LogP contribution in [0.1, 0.15) is 5.56 Å². The molecule has 0 bridgehead atoms. The third kappa shape index (κ3) is 4.02. The normalized spacial score (nSPS) is 15.4. The molecule has 24 heavy (non-hydrogen) atoms. The Bertz CT molecular complexity index is 685. The van der Waals surface area contributed by atoms with Crippen LogP contribution >= 0.6 is 15.9 Å². The third-order valence-electron chi connectivity index (χ3n) is 4.56. The summed E-state index contributed by atoms with van der Waals surface area (Å²) in [6.07, 6.45) is 0. The summed E-state index contributed by atoms with van der Waals surface area (Å²) in [5.74, 6) is 1.81. The van der Waals surface area contributed by atoms with Gasteiger partial charge < -0.3 is 19.3 Å². The molecule has 0 aliphatic carbocycles. The van der Waals surface area contributed by atoms with Crippen LogP contribution in [0.25, 0.3) is 0 Å². The highest BCUT2D eigenvalue weighted by Crippen LogP contribution is 2.25. The van der Waals surface area contributed by atoms with Crippen LogP contribution < -0.4 is 19.3 Å². The number of nitrogens with zero attached hydrogens (tertiary/aromatic N) is 1. The number of rotatable bonds is 5. The van der Waals surface area contributed by atoms with Gasteiger partial charge in [-0.3, -0.25) is 0 Å². The first-order chi connectivity index (χ1) is 11.7. The standard InChI is InChI=1S/C19H23BrN2O2/c1-23-17-5-3-4-16(13-17)22-10-8-21(9-11-22)14-15-6-7-19(24-2)18(20)12-15/h3-7,12-13H,8-11,14H2,1-2H3/p+1. The van der Waals surface area contributed by atoms with Crippen molar-refractivity contribution < 1.29 is 14.4 Å². The Morgan fingerprint density at radius 1 is 1.04 bits per heavy atom. The van der Waals surface area contributed by atoms with Crippen molar-refractivity contribution in [1.29, 1.82) is 0 Å². The highest BCUT2D eigenvalue weighted by Gasteiger charge is 2.20. The lowest BCUT2D eigenvalue weighted by atomic mass is 10.2. The molecule has 0 aromatic heterocycles. The molecule has 0 spiro atoms. The number of hydrogen-bond acceptors (Lipinski definition) is 3. The first-order valence-corrected chi connectivity index (χ1v) is 9.04. The number of benzene rings is 2. The predicted molar refractivity (Wildman–Crippen MR) is 100 cm³/mol. The molecule has 1 aliphatic rings. The number of anilines is 1. The zero-order chi connectivity index (χ0) is 16.9. The van der Waals surface area contributed by atoms with E-state index in [4.69, 9.17) is 9.47 Å². The van der Waals surface area contributed by atoms with E-state index in [1.54, 1.807) is 19.1 Å². The lowest BCUT2D eigenvalue weighted by Gasteiger charge is -2.33. The molecule has 128 valence electrons. The number of methoxy groups -OCH3 is 2. The van der Waals surface area contributed by atoms with Crippen LogP contribution in [0, 0.1) is 0 Å². The SMILES string of the molecule is COc1cccc(N2CC[NH+](Cc3ccc(OC)c(Br)c3)CC2)c1. The van der Waals surface area contributed by atoms with Gasteiger partial charge in [0, 0.05) is 17.3 Å². The summed E-state index contributed by atoms with van der Waals surface area (Å²) in [6, 6.07) is 14.7. The second-order valence-electron chi connectivity index (χ2n) is 6.08. The van der Waals surface area contributed by atoms with Gasteiger partial charge in [-0.15, -0.1) is 0 Å². The Balaban J connectivity index is 1.58. The molecule has 0 saturated carbocycles.